The monoisotopic (exact) mass is 290 g/mol. The number of carboxylic acid groups (broad SMARTS) is 1. The van der Waals surface area contributed by atoms with Crippen LogP contribution < -0.4 is 15.0 Å². The number of pyridine rings is 2. The van der Waals surface area contributed by atoms with Gasteiger partial charge in [-0.2, -0.15) is 0 Å². The standard InChI is InChI=1S/C14H14N2O5/c1-16-4-3-9(5-13(16)17)8-21-11-7-15-12(20-2)6-10(11)14(18)19/h3-7H,8H2,1-2H3,(H,18,19). The molecule has 0 amide bonds. The SMILES string of the molecule is COc1cc(C(=O)O)c(OCc2ccn(C)c(=O)c2)cn1. The van der Waals surface area contributed by atoms with Gasteiger partial charge in [-0.1, -0.05) is 0 Å². The topological polar surface area (TPSA) is 90.7 Å². The fourth-order valence-corrected chi connectivity index (χ4v) is 1.66. The van der Waals surface area contributed by atoms with Crippen molar-refractivity contribution >= 4 is 5.97 Å². The summed E-state index contributed by atoms with van der Waals surface area (Å²) in [4.78, 5) is 26.6. The van der Waals surface area contributed by atoms with Crippen molar-refractivity contribution in [3.8, 4) is 11.6 Å². The van der Waals surface area contributed by atoms with Crippen molar-refractivity contribution in [2.75, 3.05) is 7.11 Å². The molecule has 0 unspecified atom stereocenters. The van der Waals surface area contributed by atoms with Crippen LogP contribution in [0.25, 0.3) is 0 Å². The predicted molar refractivity (Wildman–Crippen MR) is 73.8 cm³/mol. The fraction of sp³-hybridized carbons (Fsp3) is 0.214. The maximum atomic E-state index is 11.5. The molecular weight excluding hydrogens is 276 g/mol. The van der Waals surface area contributed by atoms with Crippen LogP contribution in [0.4, 0.5) is 0 Å². The van der Waals surface area contributed by atoms with Crippen molar-refractivity contribution in [3.05, 3.63) is 52.1 Å². The van der Waals surface area contributed by atoms with Gasteiger partial charge in [0.1, 0.15) is 12.2 Å². The largest absolute Gasteiger partial charge is 0.486 e. The van der Waals surface area contributed by atoms with Crippen LogP contribution in [0.2, 0.25) is 0 Å². The number of aryl methyl sites for hydroxylation is 1. The van der Waals surface area contributed by atoms with E-state index in [0.717, 1.165) is 0 Å². The zero-order valence-electron chi connectivity index (χ0n) is 11.6. The number of aromatic carboxylic acids is 1. The molecule has 0 aliphatic carbocycles. The van der Waals surface area contributed by atoms with Crippen LogP contribution in [0.15, 0.2) is 35.4 Å². The number of rotatable bonds is 5. The first kappa shape index (κ1) is 14.6. The molecule has 0 saturated heterocycles. The zero-order valence-corrected chi connectivity index (χ0v) is 11.6. The number of aromatic nitrogens is 2. The molecule has 2 aromatic rings. The van der Waals surface area contributed by atoms with Gasteiger partial charge in [0.25, 0.3) is 5.56 Å². The maximum absolute atomic E-state index is 11.5. The molecule has 21 heavy (non-hydrogen) atoms. The van der Waals surface area contributed by atoms with Crippen molar-refractivity contribution in [2.45, 2.75) is 6.61 Å². The number of carbonyl (C=O) groups is 1. The number of nitrogens with zero attached hydrogens (tertiary/aromatic N) is 2. The van der Waals surface area contributed by atoms with Gasteiger partial charge in [-0.05, 0) is 11.6 Å². The third kappa shape index (κ3) is 3.38. The molecule has 0 atom stereocenters. The molecule has 0 aromatic carbocycles. The Morgan fingerprint density at radius 3 is 2.81 bits per heavy atom. The second kappa shape index (κ2) is 6.08. The molecule has 1 N–H and O–H groups in total. The minimum atomic E-state index is -1.14. The molecule has 0 aliphatic heterocycles. The maximum Gasteiger partial charge on any atom is 0.339 e. The van der Waals surface area contributed by atoms with Gasteiger partial charge in [0.05, 0.1) is 13.3 Å². The van der Waals surface area contributed by atoms with Crippen molar-refractivity contribution < 1.29 is 19.4 Å². The highest BCUT2D eigenvalue weighted by atomic mass is 16.5. The van der Waals surface area contributed by atoms with Crippen LogP contribution >= 0.6 is 0 Å². The minimum absolute atomic E-state index is 0.0503. The van der Waals surface area contributed by atoms with Gasteiger partial charge >= 0.3 is 5.97 Å². The molecule has 7 nitrogen and oxygen atoms in total. The summed E-state index contributed by atoms with van der Waals surface area (Å²) < 4.78 is 11.7. The molecular formula is C14H14N2O5. The zero-order chi connectivity index (χ0) is 15.4. The summed E-state index contributed by atoms with van der Waals surface area (Å²) in [6, 6.07) is 4.43. The van der Waals surface area contributed by atoms with Gasteiger partial charge in [-0.25, -0.2) is 9.78 Å². The average Bonchev–Trinajstić information content (AvgIpc) is 2.48. The molecule has 0 radical (unpaired) electrons. The summed E-state index contributed by atoms with van der Waals surface area (Å²) in [5, 5.41) is 9.15. The Kier molecular flexibility index (Phi) is 4.22. The fourth-order valence-electron chi connectivity index (χ4n) is 1.66. The Balaban J connectivity index is 2.21. The van der Waals surface area contributed by atoms with Gasteiger partial charge in [0, 0.05) is 25.4 Å². The summed E-state index contributed by atoms with van der Waals surface area (Å²) in [5.74, 6) is -0.841. The second-order valence-electron chi connectivity index (χ2n) is 4.30. The number of ether oxygens (including phenoxy) is 2. The number of hydrogen-bond donors (Lipinski definition) is 1. The van der Waals surface area contributed by atoms with Gasteiger partial charge in [-0.3, -0.25) is 4.79 Å². The van der Waals surface area contributed by atoms with E-state index < -0.39 is 5.97 Å². The molecule has 0 bridgehead atoms. The van der Waals surface area contributed by atoms with Crippen LogP contribution in [-0.4, -0.2) is 27.7 Å². The first-order valence-electron chi connectivity index (χ1n) is 6.07. The first-order valence-corrected chi connectivity index (χ1v) is 6.07. The van der Waals surface area contributed by atoms with Gasteiger partial charge in [0.15, 0.2) is 5.75 Å². The van der Waals surface area contributed by atoms with E-state index in [-0.39, 0.29) is 29.4 Å². The van der Waals surface area contributed by atoms with Crippen LogP contribution in [0.1, 0.15) is 15.9 Å². The van der Waals surface area contributed by atoms with E-state index in [2.05, 4.69) is 4.98 Å². The van der Waals surface area contributed by atoms with Gasteiger partial charge < -0.3 is 19.1 Å². The normalized spacial score (nSPS) is 10.2. The number of carboxylic acids is 1. The Morgan fingerprint density at radius 2 is 2.19 bits per heavy atom. The third-order valence-electron chi connectivity index (χ3n) is 2.84. The van der Waals surface area contributed by atoms with Crippen molar-refractivity contribution in [1.29, 1.82) is 0 Å². The molecule has 0 fully saturated rings. The lowest BCUT2D eigenvalue weighted by atomic mass is 10.2. The summed E-state index contributed by atoms with van der Waals surface area (Å²) in [7, 11) is 3.04. The van der Waals surface area contributed by atoms with E-state index >= 15 is 0 Å². The molecule has 110 valence electrons. The highest BCUT2D eigenvalue weighted by molar-refractivity contribution is 5.91. The van der Waals surface area contributed by atoms with E-state index in [1.54, 1.807) is 19.3 Å². The van der Waals surface area contributed by atoms with E-state index in [1.807, 2.05) is 0 Å². The van der Waals surface area contributed by atoms with Crippen molar-refractivity contribution in [2.24, 2.45) is 7.05 Å². The molecule has 0 spiro atoms. The average molecular weight is 290 g/mol. The lowest BCUT2D eigenvalue weighted by Gasteiger charge is -2.10. The lowest BCUT2D eigenvalue weighted by Crippen LogP contribution is -2.16. The summed E-state index contributed by atoms with van der Waals surface area (Å²) in [6.45, 7) is 0.0738. The van der Waals surface area contributed by atoms with Gasteiger partial charge in [-0.15, -0.1) is 0 Å². The molecule has 7 heteroatoms. The van der Waals surface area contributed by atoms with Crippen LogP contribution in [0.5, 0.6) is 11.6 Å². The lowest BCUT2D eigenvalue weighted by molar-refractivity contribution is 0.0691. The molecule has 2 rings (SSSR count). The van der Waals surface area contributed by atoms with E-state index in [1.165, 1.54) is 30.0 Å². The third-order valence-corrected chi connectivity index (χ3v) is 2.84. The Hall–Kier alpha value is -2.83. The summed E-state index contributed by atoms with van der Waals surface area (Å²) in [5.41, 5.74) is 0.429. The van der Waals surface area contributed by atoms with Crippen LogP contribution in [-0.2, 0) is 13.7 Å². The molecule has 2 heterocycles. The van der Waals surface area contributed by atoms with Crippen LogP contribution in [0, 0.1) is 0 Å². The predicted octanol–water partition coefficient (Wildman–Crippen LogP) is 1.07. The quantitative estimate of drug-likeness (QED) is 0.885. The highest BCUT2D eigenvalue weighted by Gasteiger charge is 2.14. The Morgan fingerprint density at radius 1 is 1.43 bits per heavy atom. The van der Waals surface area contributed by atoms with Crippen LogP contribution in [0.3, 0.4) is 0 Å². The smallest absolute Gasteiger partial charge is 0.339 e. The summed E-state index contributed by atoms with van der Waals surface area (Å²) >= 11 is 0. The Bertz CT molecular complexity index is 724. The molecule has 2 aromatic heterocycles. The van der Waals surface area contributed by atoms with Gasteiger partial charge in [0.2, 0.25) is 5.88 Å². The number of methoxy groups -OCH3 is 1. The van der Waals surface area contributed by atoms with E-state index in [4.69, 9.17) is 14.6 Å². The van der Waals surface area contributed by atoms with E-state index in [9.17, 15) is 9.59 Å². The minimum Gasteiger partial charge on any atom is -0.486 e. The molecule has 0 saturated carbocycles. The first-order chi connectivity index (χ1) is 10.0. The number of hydrogen-bond acceptors (Lipinski definition) is 5. The van der Waals surface area contributed by atoms with E-state index in [0.29, 0.717) is 5.56 Å². The summed E-state index contributed by atoms with van der Waals surface area (Å²) in [6.07, 6.45) is 2.90. The highest BCUT2D eigenvalue weighted by Crippen LogP contribution is 2.22. The van der Waals surface area contributed by atoms with Crippen molar-refractivity contribution in [1.82, 2.24) is 9.55 Å². The second-order valence-corrected chi connectivity index (χ2v) is 4.30. The van der Waals surface area contributed by atoms with Crippen molar-refractivity contribution in [3.63, 3.8) is 0 Å². The Labute approximate surface area is 120 Å². The molecule has 0 aliphatic rings.